The molecule has 1 N–H and O–H groups in total. The molecule has 1 rings (SSSR count). The molecule has 0 bridgehead atoms. The lowest BCUT2D eigenvalue weighted by molar-refractivity contribution is 0.144. The van der Waals surface area contributed by atoms with Crippen LogP contribution < -0.4 is 5.32 Å². The van der Waals surface area contributed by atoms with E-state index in [-0.39, 0.29) is 12.4 Å². The molecule has 0 unspecified atom stereocenters. The molecule has 3 nitrogen and oxygen atoms in total. The molecule has 0 aliphatic rings. The van der Waals surface area contributed by atoms with Gasteiger partial charge in [-0.15, -0.1) is 12.4 Å². The van der Waals surface area contributed by atoms with Crippen molar-refractivity contribution in [3.63, 3.8) is 0 Å². The topological polar surface area (TPSA) is 34.4 Å². The summed E-state index contributed by atoms with van der Waals surface area (Å²) in [5, 5.41) is 3.27. The summed E-state index contributed by atoms with van der Waals surface area (Å²) in [6.45, 7) is 5.43. The van der Waals surface area contributed by atoms with Crippen LogP contribution in [0.25, 0.3) is 0 Å². The zero-order valence-electron chi connectivity index (χ0n) is 8.49. The van der Waals surface area contributed by atoms with E-state index in [0.717, 1.165) is 38.5 Å². The predicted octanol–water partition coefficient (Wildman–Crippen LogP) is 2.22. The van der Waals surface area contributed by atoms with Gasteiger partial charge in [-0.3, -0.25) is 0 Å². The third kappa shape index (κ3) is 6.02. The number of halogens is 1. The van der Waals surface area contributed by atoms with Crippen LogP contribution in [0.15, 0.2) is 22.8 Å². The van der Waals surface area contributed by atoms with Crippen LogP contribution in [0.1, 0.15) is 19.1 Å². The minimum atomic E-state index is 0. The van der Waals surface area contributed by atoms with Gasteiger partial charge < -0.3 is 14.5 Å². The Morgan fingerprint density at radius 3 is 3.00 bits per heavy atom. The minimum Gasteiger partial charge on any atom is -0.468 e. The van der Waals surface area contributed by atoms with Crippen molar-refractivity contribution >= 4 is 12.4 Å². The molecule has 82 valence electrons. The quantitative estimate of drug-likeness (QED) is 0.715. The number of furan rings is 1. The molecule has 4 heteroatoms. The van der Waals surface area contributed by atoms with Gasteiger partial charge in [0, 0.05) is 13.2 Å². The lowest BCUT2D eigenvalue weighted by Gasteiger charge is -2.02. The predicted molar refractivity (Wildman–Crippen MR) is 58.8 cm³/mol. The van der Waals surface area contributed by atoms with Gasteiger partial charge in [0.1, 0.15) is 5.76 Å². The maximum atomic E-state index is 5.21. The zero-order valence-corrected chi connectivity index (χ0v) is 9.31. The highest BCUT2D eigenvalue weighted by atomic mass is 35.5. The Kier molecular flexibility index (Phi) is 8.73. The van der Waals surface area contributed by atoms with Crippen molar-refractivity contribution in [3.8, 4) is 0 Å². The summed E-state index contributed by atoms with van der Waals surface area (Å²) in [6.07, 6.45) is 2.74. The Morgan fingerprint density at radius 1 is 1.50 bits per heavy atom. The molecule has 0 spiro atoms. The summed E-state index contributed by atoms with van der Waals surface area (Å²) < 4.78 is 10.4. The first-order valence-electron chi connectivity index (χ1n) is 4.74. The molecule has 0 saturated heterocycles. The second kappa shape index (κ2) is 9.06. The fraction of sp³-hybridized carbons (Fsp3) is 0.600. The fourth-order valence-corrected chi connectivity index (χ4v) is 1.07. The molecule has 0 aromatic carbocycles. The molecule has 1 aromatic heterocycles. The van der Waals surface area contributed by atoms with Gasteiger partial charge in [0.25, 0.3) is 0 Å². The molecule has 0 atom stereocenters. The van der Waals surface area contributed by atoms with Crippen LogP contribution in [0, 0.1) is 0 Å². The van der Waals surface area contributed by atoms with Crippen LogP contribution in [-0.2, 0) is 11.3 Å². The molecule has 14 heavy (non-hydrogen) atoms. The minimum absolute atomic E-state index is 0. The van der Waals surface area contributed by atoms with Gasteiger partial charge in [-0.25, -0.2) is 0 Å². The molecule has 0 aliphatic carbocycles. The van der Waals surface area contributed by atoms with E-state index in [1.54, 1.807) is 6.26 Å². The van der Waals surface area contributed by atoms with Gasteiger partial charge >= 0.3 is 0 Å². The highest BCUT2D eigenvalue weighted by Crippen LogP contribution is 1.98. The molecule has 1 heterocycles. The van der Waals surface area contributed by atoms with Crippen LogP contribution in [-0.4, -0.2) is 19.8 Å². The van der Waals surface area contributed by atoms with E-state index >= 15 is 0 Å². The van der Waals surface area contributed by atoms with Crippen LogP contribution in [0.3, 0.4) is 0 Å². The summed E-state index contributed by atoms with van der Waals surface area (Å²) in [5.41, 5.74) is 0. The Hall–Kier alpha value is -0.510. The number of hydrogen-bond acceptors (Lipinski definition) is 3. The molecule has 1 aromatic rings. The Morgan fingerprint density at radius 2 is 2.36 bits per heavy atom. The maximum absolute atomic E-state index is 5.21. The first-order valence-corrected chi connectivity index (χ1v) is 4.74. The maximum Gasteiger partial charge on any atom is 0.117 e. The summed E-state index contributed by atoms with van der Waals surface area (Å²) in [7, 11) is 0. The lowest BCUT2D eigenvalue weighted by Crippen LogP contribution is -2.15. The highest BCUT2D eigenvalue weighted by Gasteiger charge is 1.93. The van der Waals surface area contributed by atoms with Crippen molar-refractivity contribution in [1.29, 1.82) is 0 Å². The zero-order chi connectivity index (χ0) is 9.36. The molecule has 0 radical (unpaired) electrons. The fourth-order valence-electron chi connectivity index (χ4n) is 1.07. The molecular weight excluding hydrogens is 202 g/mol. The van der Waals surface area contributed by atoms with Gasteiger partial charge in [-0.05, 0) is 32.0 Å². The van der Waals surface area contributed by atoms with E-state index in [1.165, 1.54) is 0 Å². The van der Waals surface area contributed by atoms with Gasteiger partial charge in [-0.2, -0.15) is 0 Å². The summed E-state index contributed by atoms with van der Waals surface area (Å²) in [6, 6.07) is 3.87. The van der Waals surface area contributed by atoms with E-state index in [0.29, 0.717) is 0 Å². The van der Waals surface area contributed by atoms with Crippen LogP contribution in [0.5, 0.6) is 0 Å². The SMILES string of the molecule is CCOCCCNCc1ccco1.Cl. The highest BCUT2D eigenvalue weighted by molar-refractivity contribution is 5.85. The van der Waals surface area contributed by atoms with Crippen LogP contribution >= 0.6 is 12.4 Å². The average Bonchev–Trinajstić information content (AvgIpc) is 2.63. The van der Waals surface area contributed by atoms with E-state index < -0.39 is 0 Å². The Bertz CT molecular complexity index is 202. The largest absolute Gasteiger partial charge is 0.468 e. The van der Waals surface area contributed by atoms with Gasteiger partial charge in [0.15, 0.2) is 0 Å². The lowest BCUT2D eigenvalue weighted by atomic mass is 10.4. The number of rotatable bonds is 7. The number of hydrogen-bond donors (Lipinski definition) is 1. The van der Waals surface area contributed by atoms with Crippen molar-refractivity contribution in [2.75, 3.05) is 19.8 Å². The second-order valence-corrected chi connectivity index (χ2v) is 2.81. The smallest absolute Gasteiger partial charge is 0.117 e. The van der Waals surface area contributed by atoms with Gasteiger partial charge in [-0.1, -0.05) is 0 Å². The van der Waals surface area contributed by atoms with Crippen molar-refractivity contribution in [3.05, 3.63) is 24.2 Å². The van der Waals surface area contributed by atoms with Crippen molar-refractivity contribution in [1.82, 2.24) is 5.32 Å². The molecular formula is C10H18ClNO2. The van der Waals surface area contributed by atoms with Gasteiger partial charge in [0.05, 0.1) is 12.8 Å². The monoisotopic (exact) mass is 219 g/mol. The van der Waals surface area contributed by atoms with Crippen LogP contribution in [0.4, 0.5) is 0 Å². The Balaban J connectivity index is 0.00000169. The summed E-state index contributed by atoms with van der Waals surface area (Å²) in [5.74, 6) is 0.983. The first kappa shape index (κ1) is 13.5. The summed E-state index contributed by atoms with van der Waals surface area (Å²) in [4.78, 5) is 0. The van der Waals surface area contributed by atoms with Gasteiger partial charge in [0.2, 0.25) is 0 Å². The third-order valence-corrected chi connectivity index (χ3v) is 1.73. The van der Waals surface area contributed by atoms with E-state index in [4.69, 9.17) is 9.15 Å². The van der Waals surface area contributed by atoms with E-state index in [1.807, 2.05) is 19.1 Å². The first-order chi connectivity index (χ1) is 6.43. The van der Waals surface area contributed by atoms with Crippen molar-refractivity contribution in [2.24, 2.45) is 0 Å². The van der Waals surface area contributed by atoms with E-state index in [9.17, 15) is 0 Å². The average molecular weight is 220 g/mol. The van der Waals surface area contributed by atoms with E-state index in [2.05, 4.69) is 5.32 Å². The Labute approximate surface area is 91.2 Å². The summed E-state index contributed by atoms with van der Waals surface area (Å²) >= 11 is 0. The van der Waals surface area contributed by atoms with Crippen molar-refractivity contribution in [2.45, 2.75) is 19.9 Å². The molecule has 0 saturated carbocycles. The standard InChI is InChI=1S/C10H17NO2.ClH/c1-2-12-7-4-6-11-9-10-5-3-8-13-10;/h3,5,8,11H,2,4,6-7,9H2,1H3;1H. The number of ether oxygens (including phenoxy) is 1. The molecule has 0 aliphatic heterocycles. The number of nitrogens with one attached hydrogen (secondary N) is 1. The third-order valence-electron chi connectivity index (χ3n) is 1.73. The normalized spacial score (nSPS) is 9.79. The second-order valence-electron chi connectivity index (χ2n) is 2.81. The molecule has 0 fully saturated rings. The molecule has 0 amide bonds. The van der Waals surface area contributed by atoms with Crippen molar-refractivity contribution < 1.29 is 9.15 Å². The van der Waals surface area contributed by atoms with Crippen LogP contribution in [0.2, 0.25) is 0 Å².